The summed E-state index contributed by atoms with van der Waals surface area (Å²) in [5, 5.41) is 29.4. The lowest BCUT2D eigenvalue weighted by atomic mass is 10.1. The number of nitrogens with zero attached hydrogens (tertiary/aromatic N) is 4. The van der Waals surface area contributed by atoms with Crippen LogP contribution in [0.25, 0.3) is 11.1 Å². The fourth-order valence-electron chi connectivity index (χ4n) is 1.75. The van der Waals surface area contributed by atoms with E-state index in [-0.39, 0.29) is 11.3 Å². The van der Waals surface area contributed by atoms with E-state index in [4.69, 9.17) is 15.8 Å². The smallest absolute Gasteiger partial charge is 0.163 e. The summed E-state index contributed by atoms with van der Waals surface area (Å²) in [6, 6.07) is 16.3. The first-order valence-electron chi connectivity index (χ1n) is 6.00. The molecule has 1 aromatic carbocycles. The molecule has 0 aliphatic rings. The zero-order valence-corrected chi connectivity index (χ0v) is 10.9. The Morgan fingerprint density at radius 2 is 1.62 bits per heavy atom. The van der Waals surface area contributed by atoms with Crippen molar-refractivity contribution >= 4 is 5.69 Å². The summed E-state index contributed by atoms with van der Waals surface area (Å²) in [5.41, 5.74) is 2.25. The molecule has 0 saturated heterocycles. The summed E-state index contributed by atoms with van der Waals surface area (Å²) in [6.45, 7) is 0. The lowest BCUT2D eigenvalue weighted by molar-refractivity contribution is 1.33. The van der Waals surface area contributed by atoms with Gasteiger partial charge in [0.25, 0.3) is 0 Å². The van der Waals surface area contributed by atoms with Crippen LogP contribution in [0.5, 0.6) is 0 Å². The number of hydrogen-bond acceptors (Lipinski definition) is 5. The summed E-state index contributed by atoms with van der Waals surface area (Å²) in [7, 11) is 0. The maximum absolute atomic E-state index is 9.03. The molecule has 98 valence electrons. The molecule has 0 aliphatic heterocycles. The average molecular weight is 271 g/mol. The third kappa shape index (κ3) is 3.23. The van der Waals surface area contributed by atoms with Crippen molar-refractivity contribution in [1.29, 1.82) is 15.8 Å². The first-order valence-corrected chi connectivity index (χ1v) is 6.00. The minimum atomic E-state index is -0.244. The molecule has 0 bridgehead atoms. The minimum absolute atomic E-state index is 0.0631. The van der Waals surface area contributed by atoms with Crippen molar-refractivity contribution in [2.45, 2.75) is 0 Å². The number of aromatic nitrogens is 1. The number of hydrogen-bond donors (Lipinski definition) is 1. The Balaban J connectivity index is 2.36. The number of nitrogens with one attached hydrogen (secondary N) is 1. The molecule has 21 heavy (non-hydrogen) atoms. The van der Waals surface area contributed by atoms with Gasteiger partial charge in [-0.05, 0) is 35.4 Å². The van der Waals surface area contributed by atoms with E-state index in [1.54, 1.807) is 30.6 Å². The number of rotatable bonds is 3. The molecule has 5 heteroatoms. The van der Waals surface area contributed by atoms with E-state index in [1.807, 2.05) is 36.4 Å². The second kappa shape index (κ2) is 6.52. The van der Waals surface area contributed by atoms with Crippen LogP contribution < -0.4 is 5.32 Å². The molecular weight excluding hydrogens is 262 g/mol. The number of anilines is 1. The Kier molecular flexibility index (Phi) is 4.28. The quantitative estimate of drug-likeness (QED) is 0.865. The maximum Gasteiger partial charge on any atom is 0.163 e. The lowest BCUT2D eigenvalue weighted by Gasteiger charge is -2.07. The lowest BCUT2D eigenvalue weighted by Crippen LogP contribution is -2.00. The van der Waals surface area contributed by atoms with Crippen LogP contribution in [0.4, 0.5) is 5.69 Å². The van der Waals surface area contributed by atoms with E-state index >= 15 is 0 Å². The first kappa shape index (κ1) is 13.8. The summed E-state index contributed by atoms with van der Waals surface area (Å²) >= 11 is 0. The van der Waals surface area contributed by atoms with E-state index in [0.29, 0.717) is 5.69 Å². The Labute approximate surface area is 122 Å². The second-order valence-electron chi connectivity index (χ2n) is 4.03. The van der Waals surface area contributed by atoms with Crippen molar-refractivity contribution in [1.82, 2.24) is 4.98 Å². The zero-order chi connectivity index (χ0) is 15.1. The van der Waals surface area contributed by atoms with Crippen molar-refractivity contribution in [2.24, 2.45) is 0 Å². The van der Waals surface area contributed by atoms with Crippen LogP contribution in [-0.2, 0) is 0 Å². The van der Waals surface area contributed by atoms with E-state index < -0.39 is 0 Å². The van der Waals surface area contributed by atoms with Crippen LogP contribution in [0, 0.1) is 34.0 Å². The van der Waals surface area contributed by atoms with Gasteiger partial charge in [-0.15, -0.1) is 0 Å². The molecule has 0 saturated carbocycles. The molecule has 0 atom stereocenters. The minimum Gasteiger partial charge on any atom is -0.345 e. The predicted octanol–water partition coefficient (Wildman–Crippen LogP) is 2.99. The largest absolute Gasteiger partial charge is 0.345 e. The molecule has 1 N–H and O–H groups in total. The molecule has 2 rings (SSSR count). The van der Waals surface area contributed by atoms with Gasteiger partial charge in [0.05, 0.1) is 0 Å². The fraction of sp³-hybridized carbons (Fsp3) is 0. The fourth-order valence-corrected chi connectivity index (χ4v) is 1.75. The van der Waals surface area contributed by atoms with Gasteiger partial charge >= 0.3 is 0 Å². The van der Waals surface area contributed by atoms with Crippen LogP contribution >= 0.6 is 0 Å². The molecule has 5 nitrogen and oxygen atoms in total. The molecule has 2 aromatic rings. The SMILES string of the molecule is N#CC(C#N)=C(C#N)Nc1cccc(-c2ccncc2)c1. The van der Waals surface area contributed by atoms with Gasteiger partial charge in [-0.2, -0.15) is 15.8 Å². The first-order chi connectivity index (χ1) is 10.3. The predicted molar refractivity (Wildman–Crippen MR) is 77.2 cm³/mol. The second-order valence-corrected chi connectivity index (χ2v) is 4.03. The molecule has 0 amide bonds. The van der Waals surface area contributed by atoms with Crippen molar-refractivity contribution < 1.29 is 0 Å². The van der Waals surface area contributed by atoms with Gasteiger partial charge in [0.1, 0.15) is 23.9 Å². The number of pyridine rings is 1. The Hall–Kier alpha value is -3.62. The van der Waals surface area contributed by atoms with Gasteiger partial charge in [-0.25, -0.2) is 0 Å². The van der Waals surface area contributed by atoms with Gasteiger partial charge < -0.3 is 5.32 Å². The molecule has 0 spiro atoms. The number of nitriles is 3. The summed E-state index contributed by atoms with van der Waals surface area (Å²) in [5.74, 6) is 0. The van der Waals surface area contributed by atoms with Gasteiger partial charge in [-0.1, -0.05) is 12.1 Å². The Morgan fingerprint density at radius 3 is 2.24 bits per heavy atom. The van der Waals surface area contributed by atoms with Crippen LogP contribution in [0.15, 0.2) is 60.1 Å². The van der Waals surface area contributed by atoms with E-state index in [2.05, 4.69) is 10.3 Å². The average Bonchev–Trinajstić information content (AvgIpc) is 2.56. The third-order valence-electron chi connectivity index (χ3n) is 2.73. The number of benzene rings is 1. The highest BCUT2D eigenvalue weighted by molar-refractivity contribution is 5.69. The highest BCUT2D eigenvalue weighted by Gasteiger charge is 2.06. The summed E-state index contributed by atoms with van der Waals surface area (Å²) < 4.78 is 0. The van der Waals surface area contributed by atoms with E-state index in [9.17, 15) is 0 Å². The monoisotopic (exact) mass is 271 g/mol. The molecule has 1 heterocycles. The Morgan fingerprint density at radius 1 is 0.905 bits per heavy atom. The van der Waals surface area contributed by atoms with Crippen LogP contribution in [0.2, 0.25) is 0 Å². The van der Waals surface area contributed by atoms with Gasteiger partial charge in [0, 0.05) is 18.1 Å². The maximum atomic E-state index is 9.03. The van der Waals surface area contributed by atoms with Crippen molar-refractivity contribution in [3.63, 3.8) is 0 Å². The zero-order valence-electron chi connectivity index (χ0n) is 10.9. The van der Waals surface area contributed by atoms with Gasteiger partial charge in [0.2, 0.25) is 0 Å². The molecule has 0 unspecified atom stereocenters. The van der Waals surface area contributed by atoms with Crippen molar-refractivity contribution in [2.75, 3.05) is 5.32 Å². The molecule has 0 radical (unpaired) electrons. The van der Waals surface area contributed by atoms with Gasteiger partial charge in [-0.3, -0.25) is 4.98 Å². The topological polar surface area (TPSA) is 96.3 Å². The van der Waals surface area contributed by atoms with Crippen molar-refractivity contribution in [3.05, 3.63) is 60.1 Å². The standard InChI is InChI=1S/C16H9N5/c17-9-14(10-18)16(11-19)21-15-3-1-2-13(8-15)12-4-6-20-7-5-12/h1-8,21H. The van der Waals surface area contributed by atoms with Crippen LogP contribution in [0.3, 0.4) is 0 Å². The highest BCUT2D eigenvalue weighted by atomic mass is 14.9. The molecule has 1 aromatic heterocycles. The van der Waals surface area contributed by atoms with Crippen LogP contribution in [0.1, 0.15) is 0 Å². The number of allylic oxidation sites excluding steroid dienone is 2. The molecular formula is C16H9N5. The molecule has 0 fully saturated rings. The van der Waals surface area contributed by atoms with Crippen LogP contribution in [-0.4, -0.2) is 4.98 Å². The summed E-state index contributed by atoms with van der Waals surface area (Å²) in [6.07, 6.45) is 3.39. The van der Waals surface area contributed by atoms with Crippen molar-refractivity contribution in [3.8, 4) is 29.3 Å². The molecule has 0 aliphatic carbocycles. The summed E-state index contributed by atoms with van der Waals surface area (Å²) in [4.78, 5) is 3.96. The highest BCUT2D eigenvalue weighted by Crippen LogP contribution is 2.23. The third-order valence-corrected chi connectivity index (χ3v) is 2.73. The van der Waals surface area contributed by atoms with Gasteiger partial charge in [0.15, 0.2) is 5.57 Å². The normalized spacial score (nSPS) is 8.81. The Bertz CT molecular complexity index is 785. The van der Waals surface area contributed by atoms with E-state index in [1.165, 1.54) is 0 Å². The van der Waals surface area contributed by atoms with E-state index in [0.717, 1.165) is 11.1 Å².